The van der Waals surface area contributed by atoms with Crippen molar-refractivity contribution in [3.63, 3.8) is 0 Å². The van der Waals surface area contributed by atoms with Crippen molar-refractivity contribution in [1.29, 1.82) is 0 Å². The Balaban J connectivity index is 1.98. The highest BCUT2D eigenvalue weighted by Crippen LogP contribution is 2.28. The first-order valence-corrected chi connectivity index (χ1v) is 9.14. The maximum absolute atomic E-state index is 12.1. The fourth-order valence-electron chi connectivity index (χ4n) is 2.38. The van der Waals surface area contributed by atoms with E-state index >= 15 is 0 Å². The third-order valence-electron chi connectivity index (χ3n) is 3.74. The molecule has 0 bridgehead atoms. The van der Waals surface area contributed by atoms with E-state index in [-0.39, 0.29) is 11.9 Å². The van der Waals surface area contributed by atoms with Gasteiger partial charge in [0.15, 0.2) is 11.5 Å². The molecule has 2 aromatic rings. The molecule has 0 aliphatic heterocycles. The predicted molar refractivity (Wildman–Crippen MR) is 109 cm³/mol. The molecule has 0 atom stereocenters. The van der Waals surface area contributed by atoms with E-state index in [2.05, 4.69) is 5.32 Å². The Morgan fingerprint density at radius 1 is 1.04 bits per heavy atom. The first-order valence-electron chi connectivity index (χ1n) is 9.14. The van der Waals surface area contributed by atoms with Crippen LogP contribution in [-0.2, 0) is 9.53 Å². The summed E-state index contributed by atoms with van der Waals surface area (Å²) in [7, 11) is 1.58. The molecule has 0 aliphatic carbocycles. The molecule has 6 nitrogen and oxygen atoms in total. The molecular weight excluding hydrogens is 358 g/mol. The van der Waals surface area contributed by atoms with Crippen molar-refractivity contribution in [3.8, 4) is 11.5 Å². The second-order valence-electron chi connectivity index (χ2n) is 5.88. The van der Waals surface area contributed by atoms with Crippen molar-refractivity contribution >= 4 is 23.6 Å². The maximum Gasteiger partial charge on any atom is 0.338 e. The van der Waals surface area contributed by atoms with Crippen LogP contribution in [0.15, 0.2) is 48.5 Å². The van der Waals surface area contributed by atoms with Crippen molar-refractivity contribution in [2.24, 2.45) is 0 Å². The SMILES string of the molecule is CCCOc1ccc(/C=C/C(=O)Nc2ccc(C(=O)OCC)cc2)cc1OC. The van der Waals surface area contributed by atoms with Crippen LogP contribution in [0.3, 0.4) is 0 Å². The minimum absolute atomic E-state index is 0.283. The van der Waals surface area contributed by atoms with Gasteiger partial charge in [-0.3, -0.25) is 4.79 Å². The average molecular weight is 383 g/mol. The normalized spacial score (nSPS) is 10.5. The number of anilines is 1. The first kappa shape index (κ1) is 21.0. The Bertz CT molecular complexity index is 827. The Kier molecular flexibility index (Phi) is 8.09. The number of rotatable bonds is 9. The third kappa shape index (κ3) is 6.16. The lowest BCUT2D eigenvalue weighted by molar-refractivity contribution is -0.111. The van der Waals surface area contributed by atoms with Crippen LogP contribution in [0.2, 0.25) is 0 Å². The molecule has 0 radical (unpaired) electrons. The van der Waals surface area contributed by atoms with Gasteiger partial charge in [0.1, 0.15) is 0 Å². The second kappa shape index (κ2) is 10.8. The Morgan fingerprint density at radius 3 is 2.43 bits per heavy atom. The number of ether oxygens (including phenoxy) is 3. The number of esters is 1. The summed E-state index contributed by atoms with van der Waals surface area (Å²) >= 11 is 0. The van der Waals surface area contributed by atoms with Gasteiger partial charge in [-0.2, -0.15) is 0 Å². The largest absolute Gasteiger partial charge is 0.493 e. The second-order valence-corrected chi connectivity index (χ2v) is 5.88. The van der Waals surface area contributed by atoms with E-state index in [0.717, 1.165) is 12.0 Å². The molecule has 0 saturated carbocycles. The predicted octanol–water partition coefficient (Wildman–Crippen LogP) is 4.31. The highest BCUT2D eigenvalue weighted by Gasteiger charge is 2.07. The Morgan fingerprint density at radius 2 is 1.79 bits per heavy atom. The first-order chi connectivity index (χ1) is 13.6. The molecule has 28 heavy (non-hydrogen) atoms. The number of hydrogen-bond acceptors (Lipinski definition) is 5. The summed E-state index contributed by atoms with van der Waals surface area (Å²) < 4.78 is 15.9. The molecule has 1 amide bonds. The quantitative estimate of drug-likeness (QED) is 0.516. The standard InChI is InChI=1S/C22H25NO5/c1-4-14-28-19-12-6-16(15-20(19)26-3)7-13-21(24)23-18-10-8-17(9-11-18)22(25)27-5-2/h6-13,15H,4-5,14H2,1-3H3,(H,23,24)/b13-7+. The van der Waals surface area contributed by atoms with E-state index in [4.69, 9.17) is 14.2 Å². The summed E-state index contributed by atoms with van der Waals surface area (Å²) in [6, 6.07) is 12.0. The van der Waals surface area contributed by atoms with Gasteiger partial charge in [-0.15, -0.1) is 0 Å². The monoisotopic (exact) mass is 383 g/mol. The molecule has 6 heteroatoms. The zero-order valence-electron chi connectivity index (χ0n) is 16.4. The fourth-order valence-corrected chi connectivity index (χ4v) is 2.38. The minimum Gasteiger partial charge on any atom is -0.493 e. The highest BCUT2D eigenvalue weighted by atomic mass is 16.5. The van der Waals surface area contributed by atoms with E-state index in [1.165, 1.54) is 6.08 Å². The van der Waals surface area contributed by atoms with Crippen molar-refractivity contribution in [1.82, 2.24) is 0 Å². The van der Waals surface area contributed by atoms with Crippen LogP contribution in [0.1, 0.15) is 36.2 Å². The van der Waals surface area contributed by atoms with Crippen LogP contribution in [0.4, 0.5) is 5.69 Å². The van der Waals surface area contributed by atoms with Gasteiger partial charge < -0.3 is 19.5 Å². The smallest absolute Gasteiger partial charge is 0.338 e. The van der Waals surface area contributed by atoms with Crippen LogP contribution >= 0.6 is 0 Å². The number of carbonyl (C=O) groups is 2. The van der Waals surface area contributed by atoms with Gasteiger partial charge in [-0.25, -0.2) is 4.79 Å². The molecular formula is C22H25NO5. The number of nitrogens with one attached hydrogen (secondary N) is 1. The number of carbonyl (C=O) groups excluding carboxylic acids is 2. The molecule has 1 N–H and O–H groups in total. The van der Waals surface area contributed by atoms with Crippen molar-refractivity contribution in [2.45, 2.75) is 20.3 Å². The van der Waals surface area contributed by atoms with Gasteiger partial charge in [0.2, 0.25) is 5.91 Å². The third-order valence-corrected chi connectivity index (χ3v) is 3.74. The van der Waals surface area contributed by atoms with Gasteiger partial charge in [0.25, 0.3) is 0 Å². The summed E-state index contributed by atoms with van der Waals surface area (Å²) in [6.45, 7) is 4.72. The lowest BCUT2D eigenvalue weighted by atomic mass is 10.2. The minimum atomic E-state index is -0.388. The van der Waals surface area contributed by atoms with Crippen LogP contribution in [-0.4, -0.2) is 32.2 Å². The molecule has 0 aliphatic rings. The van der Waals surface area contributed by atoms with Gasteiger partial charge >= 0.3 is 5.97 Å². The van der Waals surface area contributed by atoms with Crippen molar-refractivity contribution < 1.29 is 23.8 Å². The molecule has 0 aromatic heterocycles. The van der Waals surface area contributed by atoms with E-state index in [1.54, 1.807) is 44.4 Å². The highest BCUT2D eigenvalue weighted by molar-refractivity contribution is 6.02. The fraction of sp³-hybridized carbons (Fsp3) is 0.273. The molecule has 0 heterocycles. The van der Waals surface area contributed by atoms with Crippen molar-refractivity contribution in [2.75, 3.05) is 25.6 Å². The Hall–Kier alpha value is -3.28. The number of hydrogen-bond donors (Lipinski definition) is 1. The molecule has 0 saturated heterocycles. The van der Waals surface area contributed by atoms with Crippen LogP contribution in [0, 0.1) is 0 Å². The topological polar surface area (TPSA) is 73.9 Å². The van der Waals surface area contributed by atoms with Crippen LogP contribution in [0.25, 0.3) is 6.08 Å². The molecule has 2 rings (SSSR count). The summed E-state index contributed by atoms with van der Waals surface area (Å²) in [6.07, 6.45) is 4.03. The van der Waals surface area contributed by atoms with E-state index in [0.29, 0.717) is 36.0 Å². The van der Waals surface area contributed by atoms with E-state index < -0.39 is 0 Å². The summed E-state index contributed by atoms with van der Waals surface area (Å²) in [4.78, 5) is 23.8. The van der Waals surface area contributed by atoms with Crippen LogP contribution in [0.5, 0.6) is 11.5 Å². The van der Waals surface area contributed by atoms with Crippen LogP contribution < -0.4 is 14.8 Å². The molecule has 148 valence electrons. The molecule has 0 unspecified atom stereocenters. The summed E-state index contributed by atoms with van der Waals surface area (Å²) in [5.41, 5.74) is 1.84. The zero-order valence-corrected chi connectivity index (χ0v) is 16.4. The maximum atomic E-state index is 12.1. The zero-order chi connectivity index (χ0) is 20.4. The van der Waals surface area contributed by atoms with E-state index in [1.807, 2.05) is 25.1 Å². The summed E-state index contributed by atoms with van der Waals surface area (Å²) in [5.74, 6) is 0.618. The molecule has 0 fully saturated rings. The molecule has 0 spiro atoms. The average Bonchev–Trinajstić information content (AvgIpc) is 2.71. The van der Waals surface area contributed by atoms with E-state index in [9.17, 15) is 9.59 Å². The number of methoxy groups -OCH3 is 1. The lowest BCUT2D eigenvalue weighted by Gasteiger charge is -2.10. The van der Waals surface area contributed by atoms with Gasteiger partial charge in [0, 0.05) is 11.8 Å². The lowest BCUT2D eigenvalue weighted by Crippen LogP contribution is -2.08. The van der Waals surface area contributed by atoms with Gasteiger partial charge in [-0.05, 0) is 61.4 Å². The summed E-state index contributed by atoms with van der Waals surface area (Å²) in [5, 5.41) is 2.74. The van der Waals surface area contributed by atoms with Gasteiger partial charge in [0.05, 0.1) is 25.9 Å². The number of amides is 1. The number of benzene rings is 2. The van der Waals surface area contributed by atoms with Crippen molar-refractivity contribution in [3.05, 3.63) is 59.7 Å². The Labute approximate surface area is 165 Å². The molecule has 2 aromatic carbocycles. The van der Waals surface area contributed by atoms with Gasteiger partial charge in [-0.1, -0.05) is 13.0 Å².